The summed E-state index contributed by atoms with van der Waals surface area (Å²) in [4.78, 5) is 16.1. The average molecular weight is 295 g/mol. The number of hydrogen-bond acceptors (Lipinski definition) is 3. The normalized spacial score (nSPS) is 10.9. The van der Waals surface area contributed by atoms with Crippen LogP contribution in [-0.2, 0) is 11.2 Å². The molecule has 20 heavy (non-hydrogen) atoms. The van der Waals surface area contributed by atoms with E-state index in [1.165, 1.54) is 51.4 Å². The first-order valence-electron chi connectivity index (χ1n) is 8.15. The van der Waals surface area contributed by atoms with E-state index in [-0.39, 0.29) is 0 Å². The minimum atomic E-state index is 0.346. The molecule has 0 aromatic carbocycles. The molecule has 0 radical (unpaired) electrons. The van der Waals surface area contributed by atoms with Gasteiger partial charge in [-0.3, -0.25) is 4.79 Å². The van der Waals surface area contributed by atoms with Crippen molar-refractivity contribution in [3.63, 3.8) is 0 Å². The highest BCUT2D eigenvalue weighted by atomic mass is 32.1. The molecule has 1 heterocycles. The summed E-state index contributed by atoms with van der Waals surface area (Å²) in [6.07, 6.45) is 13.0. The Bertz CT molecular complexity index is 373. The number of aryl methyl sites for hydroxylation is 1. The number of thiazole rings is 1. The van der Waals surface area contributed by atoms with E-state index in [2.05, 4.69) is 11.9 Å². The summed E-state index contributed by atoms with van der Waals surface area (Å²) in [5.74, 6) is 0.346. The number of unbranched alkanes of at least 4 members (excludes halogenated alkanes) is 8. The highest BCUT2D eigenvalue weighted by Gasteiger charge is 2.06. The first-order valence-corrected chi connectivity index (χ1v) is 9.03. The van der Waals surface area contributed by atoms with Crippen molar-refractivity contribution in [2.45, 2.75) is 84.5 Å². The fraction of sp³-hybridized carbons (Fsp3) is 0.765. The van der Waals surface area contributed by atoms with Gasteiger partial charge in [0.2, 0.25) is 0 Å². The molecule has 3 heteroatoms. The smallest absolute Gasteiger partial charge is 0.138 e. The molecule has 114 valence electrons. The van der Waals surface area contributed by atoms with Gasteiger partial charge in [0.25, 0.3) is 0 Å². The minimum Gasteiger partial charge on any atom is -0.299 e. The number of hydrogen-bond donors (Lipinski definition) is 0. The lowest BCUT2D eigenvalue weighted by atomic mass is 10.0. The molecule has 0 saturated carbocycles. The Morgan fingerprint density at radius 3 is 2.20 bits per heavy atom. The van der Waals surface area contributed by atoms with Crippen LogP contribution in [0.4, 0.5) is 0 Å². The van der Waals surface area contributed by atoms with Gasteiger partial charge in [-0.2, -0.15) is 0 Å². The molecule has 0 amide bonds. The molecular formula is C17H29NOS. The van der Waals surface area contributed by atoms with E-state index in [1.54, 1.807) is 11.3 Å². The molecule has 1 aromatic heterocycles. The number of ketones is 1. The fourth-order valence-corrected chi connectivity index (χ4v) is 3.03. The van der Waals surface area contributed by atoms with Crippen molar-refractivity contribution in [2.75, 3.05) is 0 Å². The second-order valence-electron chi connectivity index (χ2n) is 5.65. The van der Waals surface area contributed by atoms with Gasteiger partial charge in [0.15, 0.2) is 0 Å². The number of aromatic nitrogens is 1. The highest BCUT2D eigenvalue weighted by Crippen LogP contribution is 2.13. The molecule has 0 N–H and O–H groups in total. The molecule has 2 nitrogen and oxygen atoms in total. The maximum Gasteiger partial charge on any atom is 0.138 e. The standard InChI is InChI=1S/C17H29NOS/c1-3-4-5-6-7-8-9-10-11-12-17(19)13-16-14-20-15(2)18-16/h14H,3-13H2,1-2H3. The third kappa shape index (κ3) is 8.47. The predicted molar refractivity (Wildman–Crippen MR) is 87.4 cm³/mol. The van der Waals surface area contributed by atoms with E-state index >= 15 is 0 Å². The zero-order chi connectivity index (χ0) is 14.6. The lowest BCUT2D eigenvalue weighted by Gasteiger charge is -2.02. The van der Waals surface area contributed by atoms with Crippen molar-refractivity contribution >= 4 is 17.1 Å². The Morgan fingerprint density at radius 1 is 1.05 bits per heavy atom. The average Bonchev–Trinajstić information content (AvgIpc) is 2.82. The molecule has 0 aliphatic carbocycles. The molecule has 1 rings (SSSR count). The molecule has 0 spiro atoms. The molecule has 0 saturated heterocycles. The third-order valence-electron chi connectivity index (χ3n) is 3.60. The topological polar surface area (TPSA) is 30.0 Å². The minimum absolute atomic E-state index is 0.346. The van der Waals surface area contributed by atoms with Crippen LogP contribution in [0.5, 0.6) is 0 Å². The quantitative estimate of drug-likeness (QED) is 0.478. The number of carbonyl (C=O) groups is 1. The van der Waals surface area contributed by atoms with Crippen LogP contribution in [-0.4, -0.2) is 10.8 Å². The zero-order valence-corrected chi connectivity index (χ0v) is 13.9. The van der Waals surface area contributed by atoms with E-state index in [0.717, 1.165) is 23.5 Å². The van der Waals surface area contributed by atoms with Gasteiger partial charge in [-0.25, -0.2) is 4.98 Å². The second kappa shape index (κ2) is 11.0. The van der Waals surface area contributed by atoms with Crippen LogP contribution in [0.1, 0.15) is 81.8 Å². The Balaban J connectivity index is 1.92. The molecule has 0 aliphatic rings. The van der Waals surface area contributed by atoms with E-state index in [0.29, 0.717) is 12.2 Å². The van der Waals surface area contributed by atoms with Gasteiger partial charge in [0.1, 0.15) is 5.78 Å². The fourth-order valence-electron chi connectivity index (χ4n) is 2.41. The van der Waals surface area contributed by atoms with Gasteiger partial charge in [-0.15, -0.1) is 11.3 Å². The summed E-state index contributed by atoms with van der Waals surface area (Å²) in [5.41, 5.74) is 0.952. The van der Waals surface area contributed by atoms with Crippen LogP contribution in [0.3, 0.4) is 0 Å². The maximum absolute atomic E-state index is 11.8. The second-order valence-corrected chi connectivity index (χ2v) is 6.71. The van der Waals surface area contributed by atoms with E-state index in [4.69, 9.17) is 0 Å². The molecule has 0 unspecified atom stereocenters. The molecule has 0 fully saturated rings. The van der Waals surface area contributed by atoms with E-state index < -0.39 is 0 Å². The number of rotatable bonds is 12. The van der Waals surface area contributed by atoms with E-state index in [9.17, 15) is 4.79 Å². The summed E-state index contributed by atoms with van der Waals surface area (Å²) in [7, 11) is 0. The van der Waals surface area contributed by atoms with Crippen LogP contribution in [0, 0.1) is 6.92 Å². The third-order valence-corrected chi connectivity index (χ3v) is 4.43. The van der Waals surface area contributed by atoms with Crippen molar-refractivity contribution in [1.29, 1.82) is 0 Å². The lowest BCUT2D eigenvalue weighted by molar-refractivity contribution is -0.118. The summed E-state index contributed by atoms with van der Waals surface area (Å²) >= 11 is 1.63. The van der Waals surface area contributed by atoms with Crippen LogP contribution in [0.2, 0.25) is 0 Å². The Morgan fingerprint density at radius 2 is 1.65 bits per heavy atom. The monoisotopic (exact) mass is 295 g/mol. The Hall–Kier alpha value is -0.700. The molecule has 0 aliphatic heterocycles. The van der Waals surface area contributed by atoms with Gasteiger partial charge in [-0.05, 0) is 13.3 Å². The van der Waals surface area contributed by atoms with E-state index in [1.807, 2.05) is 12.3 Å². The molecular weight excluding hydrogens is 266 g/mol. The number of carbonyl (C=O) groups excluding carboxylic acids is 1. The van der Waals surface area contributed by atoms with Gasteiger partial charge >= 0.3 is 0 Å². The maximum atomic E-state index is 11.8. The van der Waals surface area contributed by atoms with Crippen LogP contribution < -0.4 is 0 Å². The van der Waals surface area contributed by atoms with Crippen molar-refractivity contribution in [1.82, 2.24) is 4.98 Å². The van der Waals surface area contributed by atoms with Crippen molar-refractivity contribution in [2.24, 2.45) is 0 Å². The Kier molecular flexibility index (Phi) is 9.56. The highest BCUT2D eigenvalue weighted by molar-refractivity contribution is 7.09. The summed E-state index contributed by atoms with van der Waals surface area (Å²) in [6, 6.07) is 0. The lowest BCUT2D eigenvalue weighted by Crippen LogP contribution is -2.02. The van der Waals surface area contributed by atoms with Gasteiger partial charge in [0.05, 0.1) is 10.7 Å². The van der Waals surface area contributed by atoms with Crippen molar-refractivity contribution < 1.29 is 4.79 Å². The first kappa shape index (κ1) is 17.4. The van der Waals surface area contributed by atoms with Crippen LogP contribution in [0.25, 0.3) is 0 Å². The van der Waals surface area contributed by atoms with Crippen molar-refractivity contribution in [3.05, 3.63) is 16.1 Å². The summed E-state index contributed by atoms with van der Waals surface area (Å²) < 4.78 is 0. The van der Waals surface area contributed by atoms with Crippen LogP contribution >= 0.6 is 11.3 Å². The predicted octanol–water partition coefficient (Wildman–Crippen LogP) is 5.48. The van der Waals surface area contributed by atoms with Crippen molar-refractivity contribution in [3.8, 4) is 0 Å². The largest absolute Gasteiger partial charge is 0.299 e. The summed E-state index contributed by atoms with van der Waals surface area (Å²) in [5, 5.41) is 3.06. The van der Waals surface area contributed by atoms with Gasteiger partial charge in [-0.1, -0.05) is 58.3 Å². The molecule has 0 atom stereocenters. The first-order chi connectivity index (χ1) is 9.72. The number of nitrogens with zero attached hydrogens (tertiary/aromatic N) is 1. The molecule has 0 bridgehead atoms. The molecule has 1 aromatic rings. The van der Waals surface area contributed by atoms with Gasteiger partial charge < -0.3 is 0 Å². The summed E-state index contributed by atoms with van der Waals surface area (Å²) in [6.45, 7) is 4.24. The zero-order valence-electron chi connectivity index (χ0n) is 13.1. The Labute approximate surface area is 128 Å². The SMILES string of the molecule is CCCCCCCCCCCC(=O)Cc1csc(C)n1. The number of Topliss-reactive ketones (excluding diaryl/α,β-unsaturated/α-hetero) is 1. The van der Waals surface area contributed by atoms with Gasteiger partial charge in [0, 0.05) is 18.2 Å². The van der Waals surface area contributed by atoms with Crippen LogP contribution in [0.15, 0.2) is 5.38 Å².